The van der Waals surface area contributed by atoms with Gasteiger partial charge >= 0.3 is 0 Å². The highest BCUT2D eigenvalue weighted by molar-refractivity contribution is 9.10. The number of thioether (sulfide) groups is 1. The van der Waals surface area contributed by atoms with Crippen LogP contribution in [0.5, 0.6) is 0 Å². The van der Waals surface area contributed by atoms with E-state index in [2.05, 4.69) is 70.0 Å². The third-order valence-corrected chi connectivity index (χ3v) is 4.97. The van der Waals surface area contributed by atoms with Crippen LogP contribution < -0.4 is 10.2 Å². The molecule has 1 unspecified atom stereocenters. The fraction of sp³-hybridized carbons (Fsp3) is 0.571. The minimum Gasteiger partial charge on any atom is -0.367 e. The minimum atomic E-state index is 0.630. The molecule has 1 fully saturated rings. The zero-order chi connectivity index (χ0) is 13.0. The Morgan fingerprint density at radius 2 is 2.33 bits per heavy atom. The fourth-order valence-electron chi connectivity index (χ4n) is 2.32. The predicted octanol–water partition coefficient (Wildman–Crippen LogP) is 3.50. The first-order valence-electron chi connectivity index (χ1n) is 6.56. The zero-order valence-electron chi connectivity index (χ0n) is 11.1. The second-order valence-corrected chi connectivity index (χ2v) is 6.74. The fourth-order valence-corrected chi connectivity index (χ4v) is 3.74. The van der Waals surface area contributed by atoms with E-state index in [1.165, 1.54) is 22.8 Å². The first kappa shape index (κ1) is 14.2. The van der Waals surface area contributed by atoms with Crippen molar-refractivity contribution in [3.05, 3.63) is 28.2 Å². The number of halogens is 1. The molecule has 0 aliphatic carbocycles. The molecule has 1 aromatic rings. The molecule has 1 N–H and O–H groups in total. The summed E-state index contributed by atoms with van der Waals surface area (Å²) in [4.78, 5) is 2.55. The van der Waals surface area contributed by atoms with E-state index < -0.39 is 0 Å². The molecule has 2 rings (SSSR count). The van der Waals surface area contributed by atoms with Crippen molar-refractivity contribution in [2.75, 3.05) is 29.5 Å². The Kier molecular flexibility index (Phi) is 5.39. The Balaban J connectivity index is 2.24. The Morgan fingerprint density at radius 3 is 3.06 bits per heavy atom. The lowest BCUT2D eigenvalue weighted by atomic mass is 10.1. The number of nitrogens with one attached hydrogen (secondary N) is 1. The van der Waals surface area contributed by atoms with Gasteiger partial charge in [0, 0.05) is 40.8 Å². The summed E-state index contributed by atoms with van der Waals surface area (Å²) < 4.78 is 1.16. The summed E-state index contributed by atoms with van der Waals surface area (Å²) in [6.45, 7) is 7.59. The quantitative estimate of drug-likeness (QED) is 0.910. The molecule has 0 saturated carbocycles. The molecule has 0 amide bonds. The van der Waals surface area contributed by atoms with Crippen LogP contribution in [0.3, 0.4) is 0 Å². The molecule has 1 atom stereocenters. The van der Waals surface area contributed by atoms with Crippen LogP contribution in [0, 0.1) is 0 Å². The van der Waals surface area contributed by atoms with Crippen molar-refractivity contribution in [3.8, 4) is 0 Å². The van der Waals surface area contributed by atoms with Crippen LogP contribution in [-0.4, -0.2) is 30.6 Å². The van der Waals surface area contributed by atoms with Gasteiger partial charge in [0.05, 0.1) is 0 Å². The maximum absolute atomic E-state index is 3.58. The lowest BCUT2D eigenvalue weighted by Crippen LogP contribution is -2.41. The topological polar surface area (TPSA) is 15.3 Å². The van der Waals surface area contributed by atoms with Gasteiger partial charge in [-0.05, 0) is 37.2 Å². The van der Waals surface area contributed by atoms with Crippen molar-refractivity contribution in [2.24, 2.45) is 0 Å². The summed E-state index contributed by atoms with van der Waals surface area (Å²) in [6.07, 6.45) is 0. The molecular weight excluding hydrogens is 308 g/mol. The smallest absolute Gasteiger partial charge is 0.0415 e. The molecule has 18 heavy (non-hydrogen) atoms. The van der Waals surface area contributed by atoms with Crippen LogP contribution in [0.1, 0.15) is 19.4 Å². The number of benzene rings is 1. The predicted molar refractivity (Wildman–Crippen MR) is 85.7 cm³/mol. The molecule has 1 aliphatic rings. The van der Waals surface area contributed by atoms with E-state index in [1.807, 2.05) is 0 Å². The van der Waals surface area contributed by atoms with Gasteiger partial charge in [-0.3, -0.25) is 0 Å². The highest BCUT2D eigenvalue weighted by atomic mass is 79.9. The second kappa shape index (κ2) is 6.83. The van der Waals surface area contributed by atoms with Crippen molar-refractivity contribution in [2.45, 2.75) is 26.4 Å². The van der Waals surface area contributed by atoms with E-state index in [9.17, 15) is 0 Å². The van der Waals surface area contributed by atoms with Crippen LogP contribution in [0.4, 0.5) is 5.69 Å². The molecule has 1 heterocycles. The van der Waals surface area contributed by atoms with Gasteiger partial charge in [0.25, 0.3) is 0 Å². The normalized spacial score (nSPS) is 20.2. The average Bonchev–Trinajstić information content (AvgIpc) is 2.37. The first-order valence-corrected chi connectivity index (χ1v) is 8.50. The highest BCUT2D eigenvalue weighted by Gasteiger charge is 2.21. The zero-order valence-corrected chi connectivity index (χ0v) is 13.5. The van der Waals surface area contributed by atoms with Gasteiger partial charge in [-0.15, -0.1) is 0 Å². The molecular formula is C14H21BrN2S. The maximum atomic E-state index is 3.58. The summed E-state index contributed by atoms with van der Waals surface area (Å²) in [6, 6.07) is 7.28. The van der Waals surface area contributed by atoms with Crippen molar-refractivity contribution in [3.63, 3.8) is 0 Å². The molecule has 0 bridgehead atoms. The van der Waals surface area contributed by atoms with E-state index in [4.69, 9.17) is 0 Å². The van der Waals surface area contributed by atoms with E-state index in [0.29, 0.717) is 6.04 Å². The number of anilines is 1. The number of rotatable bonds is 4. The van der Waals surface area contributed by atoms with Gasteiger partial charge < -0.3 is 10.2 Å². The molecule has 1 saturated heterocycles. The monoisotopic (exact) mass is 328 g/mol. The first-order chi connectivity index (χ1) is 8.72. The summed E-state index contributed by atoms with van der Waals surface area (Å²) in [5.41, 5.74) is 2.79. The lowest BCUT2D eigenvalue weighted by Gasteiger charge is -2.36. The number of hydrogen-bond donors (Lipinski definition) is 1. The SMILES string of the molecule is CCNCc1cc(Br)ccc1N1CCSCC1C. The van der Waals surface area contributed by atoms with Gasteiger partial charge in [0.1, 0.15) is 0 Å². The van der Waals surface area contributed by atoms with Crippen molar-refractivity contribution in [1.29, 1.82) is 0 Å². The van der Waals surface area contributed by atoms with Crippen LogP contribution in [0.15, 0.2) is 22.7 Å². The molecule has 1 aliphatic heterocycles. The third-order valence-electron chi connectivity index (χ3n) is 3.28. The summed E-state index contributed by atoms with van der Waals surface area (Å²) in [7, 11) is 0. The van der Waals surface area contributed by atoms with Crippen molar-refractivity contribution in [1.82, 2.24) is 5.32 Å². The van der Waals surface area contributed by atoms with Crippen LogP contribution in [-0.2, 0) is 6.54 Å². The molecule has 4 heteroatoms. The highest BCUT2D eigenvalue weighted by Crippen LogP contribution is 2.29. The van der Waals surface area contributed by atoms with Crippen LogP contribution in [0.2, 0.25) is 0 Å². The Morgan fingerprint density at radius 1 is 1.50 bits per heavy atom. The summed E-state index contributed by atoms with van der Waals surface area (Å²) in [5.74, 6) is 2.47. The van der Waals surface area contributed by atoms with Gasteiger partial charge in [-0.25, -0.2) is 0 Å². The lowest BCUT2D eigenvalue weighted by molar-refractivity contribution is 0.681. The third kappa shape index (κ3) is 3.43. The number of hydrogen-bond acceptors (Lipinski definition) is 3. The molecule has 0 spiro atoms. The van der Waals surface area contributed by atoms with Gasteiger partial charge in [-0.1, -0.05) is 22.9 Å². The molecule has 1 aromatic carbocycles. The van der Waals surface area contributed by atoms with Crippen LogP contribution in [0.25, 0.3) is 0 Å². The largest absolute Gasteiger partial charge is 0.367 e. The van der Waals surface area contributed by atoms with E-state index in [-0.39, 0.29) is 0 Å². The van der Waals surface area contributed by atoms with Gasteiger partial charge in [0.15, 0.2) is 0 Å². The summed E-state index contributed by atoms with van der Waals surface area (Å²) >= 11 is 5.64. The Labute approximate surface area is 123 Å². The van der Waals surface area contributed by atoms with E-state index in [1.54, 1.807) is 0 Å². The second-order valence-electron chi connectivity index (χ2n) is 4.67. The Hall–Kier alpha value is -0.190. The van der Waals surface area contributed by atoms with Crippen molar-refractivity contribution >= 4 is 33.4 Å². The van der Waals surface area contributed by atoms with Crippen LogP contribution >= 0.6 is 27.7 Å². The molecule has 100 valence electrons. The maximum Gasteiger partial charge on any atom is 0.0415 e. The van der Waals surface area contributed by atoms with Gasteiger partial charge in [-0.2, -0.15) is 11.8 Å². The van der Waals surface area contributed by atoms with Crippen molar-refractivity contribution < 1.29 is 0 Å². The number of nitrogens with zero attached hydrogens (tertiary/aromatic N) is 1. The standard InChI is InChI=1S/C14H21BrN2S/c1-3-16-9-12-8-13(15)4-5-14(12)17-6-7-18-10-11(17)2/h4-5,8,11,16H,3,6-7,9-10H2,1-2H3. The molecule has 0 aromatic heterocycles. The average molecular weight is 329 g/mol. The molecule has 0 radical (unpaired) electrons. The summed E-state index contributed by atoms with van der Waals surface area (Å²) in [5, 5.41) is 3.43. The van der Waals surface area contributed by atoms with E-state index in [0.717, 1.165) is 24.1 Å². The minimum absolute atomic E-state index is 0.630. The molecule has 2 nitrogen and oxygen atoms in total. The van der Waals surface area contributed by atoms with E-state index >= 15 is 0 Å². The Bertz CT molecular complexity index is 397. The van der Waals surface area contributed by atoms with Gasteiger partial charge in [0.2, 0.25) is 0 Å².